The number of hydrogen-bond donors (Lipinski definition) is 3. The predicted octanol–water partition coefficient (Wildman–Crippen LogP) is 2.13. The van der Waals surface area contributed by atoms with Crippen LogP contribution < -0.4 is 10.1 Å². The lowest BCUT2D eigenvalue weighted by Crippen LogP contribution is -2.46. The van der Waals surface area contributed by atoms with Gasteiger partial charge < -0.3 is 20.3 Å². The van der Waals surface area contributed by atoms with Gasteiger partial charge in [-0.05, 0) is 50.8 Å². The van der Waals surface area contributed by atoms with Crippen LogP contribution in [0.1, 0.15) is 38.7 Å². The van der Waals surface area contributed by atoms with Crippen molar-refractivity contribution in [3.05, 3.63) is 29.8 Å². The van der Waals surface area contributed by atoms with Gasteiger partial charge in [-0.15, -0.1) is 0 Å². The third-order valence-electron chi connectivity index (χ3n) is 3.63. The molecule has 0 aliphatic rings. The lowest BCUT2D eigenvalue weighted by molar-refractivity contribution is 0.156. The zero-order valence-corrected chi connectivity index (χ0v) is 13.3. The molecule has 120 valence electrons. The summed E-state index contributed by atoms with van der Waals surface area (Å²) < 4.78 is 5.81. The van der Waals surface area contributed by atoms with E-state index in [1.807, 2.05) is 31.2 Å². The van der Waals surface area contributed by atoms with Crippen LogP contribution in [0.2, 0.25) is 0 Å². The van der Waals surface area contributed by atoms with E-state index in [2.05, 4.69) is 12.2 Å². The third-order valence-corrected chi connectivity index (χ3v) is 3.63. The highest BCUT2D eigenvalue weighted by molar-refractivity contribution is 5.33. The van der Waals surface area contributed by atoms with Crippen molar-refractivity contribution in [1.29, 1.82) is 0 Å². The molecule has 0 saturated heterocycles. The first kappa shape index (κ1) is 18.0. The van der Waals surface area contributed by atoms with Gasteiger partial charge in [0.15, 0.2) is 0 Å². The van der Waals surface area contributed by atoms with Gasteiger partial charge in [-0.1, -0.05) is 25.1 Å². The second-order valence-corrected chi connectivity index (χ2v) is 5.68. The summed E-state index contributed by atoms with van der Waals surface area (Å²) >= 11 is 0. The first-order chi connectivity index (χ1) is 10.1. The molecule has 1 aromatic rings. The average molecular weight is 295 g/mol. The molecular weight excluding hydrogens is 266 g/mol. The van der Waals surface area contributed by atoms with E-state index in [1.54, 1.807) is 0 Å². The summed E-state index contributed by atoms with van der Waals surface area (Å²) in [5, 5.41) is 21.9. The number of rotatable bonds is 11. The largest absolute Gasteiger partial charge is 0.493 e. The predicted molar refractivity (Wildman–Crippen MR) is 85.7 cm³/mol. The zero-order valence-electron chi connectivity index (χ0n) is 13.3. The number of hydrogen-bond acceptors (Lipinski definition) is 4. The van der Waals surface area contributed by atoms with Crippen LogP contribution in [-0.2, 0) is 6.42 Å². The Morgan fingerprint density at radius 1 is 1.24 bits per heavy atom. The Hall–Kier alpha value is -1.10. The van der Waals surface area contributed by atoms with Crippen LogP contribution in [0.25, 0.3) is 0 Å². The number of benzene rings is 1. The molecule has 1 atom stereocenters. The van der Waals surface area contributed by atoms with Crippen LogP contribution in [-0.4, -0.2) is 42.1 Å². The summed E-state index contributed by atoms with van der Waals surface area (Å²) in [6, 6.07) is 7.81. The highest BCUT2D eigenvalue weighted by Gasteiger charge is 2.21. The third kappa shape index (κ3) is 6.46. The topological polar surface area (TPSA) is 61.7 Å². The van der Waals surface area contributed by atoms with E-state index in [4.69, 9.17) is 9.84 Å². The van der Waals surface area contributed by atoms with Crippen molar-refractivity contribution in [3.63, 3.8) is 0 Å². The molecule has 1 unspecified atom stereocenters. The van der Waals surface area contributed by atoms with Crippen LogP contribution in [0.3, 0.4) is 0 Å². The summed E-state index contributed by atoms with van der Waals surface area (Å²) in [4.78, 5) is 0. The second-order valence-electron chi connectivity index (χ2n) is 5.68. The van der Waals surface area contributed by atoms with Crippen molar-refractivity contribution in [1.82, 2.24) is 5.32 Å². The normalized spacial score (nSPS) is 13.9. The van der Waals surface area contributed by atoms with Gasteiger partial charge in [0.1, 0.15) is 5.75 Å². The maximum Gasteiger partial charge on any atom is 0.122 e. The fourth-order valence-corrected chi connectivity index (χ4v) is 2.27. The van der Waals surface area contributed by atoms with Gasteiger partial charge in [0, 0.05) is 12.1 Å². The highest BCUT2D eigenvalue weighted by Crippen LogP contribution is 2.19. The first-order valence-corrected chi connectivity index (χ1v) is 7.82. The standard InChI is InChI=1S/C17H29NO3/c1-3-11-18-17(2,14-20)10-6-13-21-16-8-5-4-7-15(16)9-12-19/h4-5,7-8,18-20H,3,6,9-14H2,1-2H3. The Labute approximate surface area is 128 Å². The molecule has 0 aliphatic heterocycles. The van der Waals surface area contributed by atoms with Gasteiger partial charge in [-0.3, -0.25) is 0 Å². The Morgan fingerprint density at radius 3 is 2.67 bits per heavy atom. The molecule has 3 N–H and O–H groups in total. The van der Waals surface area contributed by atoms with Crippen LogP contribution in [0.5, 0.6) is 5.75 Å². The molecule has 4 nitrogen and oxygen atoms in total. The van der Waals surface area contributed by atoms with Gasteiger partial charge in [0.05, 0.1) is 13.2 Å². The molecule has 1 aromatic carbocycles. The Bertz CT molecular complexity index is 397. The molecule has 0 spiro atoms. The maximum absolute atomic E-state index is 9.51. The smallest absolute Gasteiger partial charge is 0.122 e. The molecule has 4 heteroatoms. The van der Waals surface area contributed by atoms with E-state index in [9.17, 15) is 5.11 Å². The molecule has 0 saturated carbocycles. The second kappa shape index (κ2) is 9.77. The molecule has 0 aliphatic carbocycles. The van der Waals surface area contributed by atoms with Crippen molar-refractivity contribution in [3.8, 4) is 5.75 Å². The first-order valence-electron chi connectivity index (χ1n) is 7.82. The maximum atomic E-state index is 9.51. The Morgan fingerprint density at radius 2 is 2.00 bits per heavy atom. The molecule has 0 radical (unpaired) electrons. The molecular formula is C17H29NO3. The fourth-order valence-electron chi connectivity index (χ4n) is 2.27. The van der Waals surface area contributed by atoms with E-state index < -0.39 is 0 Å². The van der Waals surface area contributed by atoms with Crippen LogP contribution >= 0.6 is 0 Å². The van der Waals surface area contributed by atoms with E-state index in [0.29, 0.717) is 13.0 Å². The highest BCUT2D eigenvalue weighted by atomic mass is 16.5. The van der Waals surface area contributed by atoms with Crippen LogP contribution in [0.4, 0.5) is 0 Å². The van der Waals surface area contributed by atoms with Crippen molar-refractivity contribution in [2.45, 2.75) is 45.1 Å². The summed E-state index contributed by atoms with van der Waals surface area (Å²) in [7, 11) is 0. The molecule has 0 amide bonds. The average Bonchev–Trinajstić information content (AvgIpc) is 2.51. The summed E-state index contributed by atoms with van der Waals surface area (Å²) in [5.41, 5.74) is 0.804. The number of aliphatic hydroxyl groups excluding tert-OH is 2. The molecule has 1 rings (SSSR count). The van der Waals surface area contributed by atoms with Crippen LogP contribution in [0, 0.1) is 0 Å². The summed E-state index contributed by atoms with van der Waals surface area (Å²) in [5.74, 6) is 0.846. The fraction of sp³-hybridized carbons (Fsp3) is 0.647. The van der Waals surface area contributed by atoms with Gasteiger partial charge in [0.2, 0.25) is 0 Å². The number of para-hydroxylation sites is 1. The molecule has 0 bridgehead atoms. The molecule has 0 aromatic heterocycles. The lowest BCUT2D eigenvalue weighted by atomic mass is 9.97. The Balaban J connectivity index is 2.39. The minimum Gasteiger partial charge on any atom is -0.493 e. The number of ether oxygens (including phenoxy) is 1. The quantitative estimate of drug-likeness (QED) is 0.547. The zero-order chi connectivity index (χ0) is 15.6. The lowest BCUT2D eigenvalue weighted by Gasteiger charge is -2.28. The van der Waals surface area contributed by atoms with Gasteiger partial charge in [0.25, 0.3) is 0 Å². The van der Waals surface area contributed by atoms with Crippen molar-refractivity contribution in [2.24, 2.45) is 0 Å². The SMILES string of the molecule is CCCNC(C)(CO)CCCOc1ccccc1CCO. The minimum absolute atomic E-state index is 0.129. The van der Waals surface area contributed by atoms with Gasteiger partial charge >= 0.3 is 0 Å². The molecule has 0 fully saturated rings. The Kier molecular flexibility index (Phi) is 8.35. The van der Waals surface area contributed by atoms with Gasteiger partial charge in [-0.25, -0.2) is 0 Å². The van der Waals surface area contributed by atoms with E-state index in [1.165, 1.54) is 0 Å². The molecule has 0 heterocycles. The monoisotopic (exact) mass is 295 g/mol. The molecule has 21 heavy (non-hydrogen) atoms. The van der Waals surface area contributed by atoms with E-state index in [-0.39, 0.29) is 18.8 Å². The minimum atomic E-state index is -0.232. The number of aliphatic hydroxyl groups is 2. The van der Waals surface area contributed by atoms with Crippen molar-refractivity contribution >= 4 is 0 Å². The van der Waals surface area contributed by atoms with E-state index in [0.717, 1.165) is 37.1 Å². The van der Waals surface area contributed by atoms with Crippen molar-refractivity contribution < 1.29 is 14.9 Å². The number of nitrogens with one attached hydrogen (secondary N) is 1. The van der Waals surface area contributed by atoms with E-state index >= 15 is 0 Å². The van der Waals surface area contributed by atoms with Gasteiger partial charge in [-0.2, -0.15) is 0 Å². The summed E-state index contributed by atoms with van der Waals surface area (Å²) in [6.07, 6.45) is 3.41. The van der Waals surface area contributed by atoms with Crippen LogP contribution in [0.15, 0.2) is 24.3 Å². The summed E-state index contributed by atoms with van der Waals surface area (Å²) in [6.45, 7) is 5.95. The van der Waals surface area contributed by atoms with Crippen molar-refractivity contribution in [2.75, 3.05) is 26.4 Å².